The minimum atomic E-state index is -0.356. The summed E-state index contributed by atoms with van der Waals surface area (Å²) in [4.78, 5) is 4.30. The van der Waals surface area contributed by atoms with Gasteiger partial charge in [-0.05, 0) is 39.1 Å². The van der Waals surface area contributed by atoms with Crippen LogP contribution in [0, 0.1) is 5.82 Å². The average Bonchev–Trinajstić information content (AvgIpc) is 2.39. The van der Waals surface area contributed by atoms with E-state index in [0.717, 1.165) is 25.9 Å². The van der Waals surface area contributed by atoms with Gasteiger partial charge in [0.2, 0.25) is 0 Å². The van der Waals surface area contributed by atoms with Crippen LogP contribution < -0.4 is 15.4 Å². The lowest BCUT2D eigenvalue weighted by Gasteiger charge is -2.36. The summed E-state index contributed by atoms with van der Waals surface area (Å²) in [7, 11) is 5.62. The van der Waals surface area contributed by atoms with E-state index in [0.29, 0.717) is 17.4 Å². The molecule has 4 nitrogen and oxygen atoms in total. The number of rotatable bonds is 3. The third-order valence-electron chi connectivity index (χ3n) is 3.85. The summed E-state index contributed by atoms with van der Waals surface area (Å²) in [6.07, 6.45) is 2.08. The molecule has 0 atom stereocenters. The van der Waals surface area contributed by atoms with Gasteiger partial charge in [0, 0.05) is 19.1 Å². The number of halogens is 1. The molecule has 0 spiro atoms. The van der Waals surface area contributed by atoms with Crippen LogP contribution in [0.2, 0.25) is 0 Å². The molecule has 0 saturated carbocycles. The van der Waals surface area contributed by atoms with Crippen molar-refractivity contribution < 1.29 is 9.13 Å². The van der Waals surface area contributed by atoms with Crippen LogP contribution in [-0.4, -0.2) is 45.2 Å². The molecular formula is C14H22FN3O. The third-order valence-corrected chi connectivity index (χ3v) is 3.85. The Morgan fingerprint density at radius 1 is 1.32 bits per heavy atom. The van der Waals surface area contributed by atoms with Crippen LogP contribution >= 0.6 is 0 Å². The molecule has 2 N–H and O–H groups in total. The van der Waals surface area contributed by atoms with Crippen LogP contribution in [0.5, 0.6) is 5.75 Å². The lowest BCUT2D eigenvalue weighted by Crippen LogP contribution is -2.42. The molecule has 19 heavy (non-hydrogen) atoms. The maximum Gasteiger partial charge on any atom is 0.190 e. The summed E-state index contributed by atoms with van der Waals surface area (Å²) in [6.45, 7) is 1.71. The number of hydrogen-bond acceptors (Lipinski definition) is 4. The number of nitrogens with two attached hydrogens (primary N) is 1. The smallest absolute Gasteiger partial charge is 0.190 e. The number of hydrogen-bond donors (Lipinski definition) is 1. The molecular weight excluding hydrogens is 245 g/mol. The largest absolute Gasteiger partial charge is 0.492 e. The van der Waals surface area contributed by atoms with E-state index in [1.54, 1.807) is 12.1 Å². The Bertz CT molecular complexity index is 443. The van der Waals surface area contributed by atoms with Gasteiger partial charge < -0.3 is 20.3 Å². The van der Waals surface area contributed by atoms with Gasteiger partial charge in [-0.1, -0.05) is 0 Å². The quantitative estimate of drug-likeness (QED) is 0.850. The van der Waals surface area contributed by atoms with Gasteiger partial charge in [-0.3, -0.25) is 0 Å². The predicted molar refractivity (Wildman–Crippen MR) is 76.3 cm³/mol. The number of ether oxygens (including phenoxy) is 1. The van der Waals surface area contributed by atoms with E-state index in [9.17, 15) is 4.39 Å². The van der Waals surface area contributed by atoms with Crippen LogP contribution in [-0.2, 0) is 0 Å². The maximum atomic E-state index is 14.3. The van der Waals surface area contributed by atoms with E-state index in [-0.39, 0.29) is 11.6 Å². The lowest BCUT2D eigenvalue weighted by atomic mass is 10.0. The normalized spacial score (nSPS) is 17.0. The second kappa shape index (κ2) is 5.65. The van der Waals surface area contributed by atoms with Gasteiger partial charge in [0.25, 0.3) is 0 Å². The van der Waals surface area contributed by atoms with Crippen molar-refractivity contribution >= 4 is 11.4 Å². The molecule has 0 bridgehead atoms. The van der Waals surface area contributed by atoms with Crippen molar-refractivity contribution in [2.24, 2.45) is 0 Å². The molecule has 1 saturated heterocycles. The Morgan fingerprint density at radius 3 is 2.47 bits per heavy atom. The minimum absolute atomic E-state index is 0.146. The van der Waals surface area contributed by atoms with E-state index >= 15 is 0 Å². The number of nitrogen functional groups attached to an aromatic ring is 1. The van der Waals surface area contributed by atoms with E-state index < -0.39 is 0 Å². The summed E-state index contributed by atoms with van der Waals surface area (Å²) in [6, 6.07) is 4.02. The van der Waals surface area contributed by atoms with Gasteiger partial charge in [0.05, 0.1) is 18.5 Å². The van der Waals surface area contributed by atoms with Crippen LogP contribution in [0.1, 0.15) is 12.8 Å². The second-order valence-electron chi connectivity index (χ2n) is 5.20. The van der Waals surface area contributed by atoms with E-state index in [1.165, 1.54) is 7.11 Å². The topological polar surface area (TPSA) is 41.7 Å². The number of methoxy groups -OCH3 is 1. The zero-order valence-corrected chi connectivity index (χ0v) is 11.8. The standard InChI is InChI=1S/C14H22FN3O/c1-17(2)10-6-8-18(9-7-10)12-5-4-11(16)14(19-3)13(12)15/h4-5,10H,6-9,16H2,1-3H3. The Morgan fingerprint density at radius 2 is 1.95 bits per heavy atom. The first kappa shape index (κ1) is 13.9. The molecule has 0 aromatic heterocycles. The first-order chi connectivity index (χ1) is 9.04. The Hall–Kier alpha value is -1.49. The highest BCUT2D eigenvalue weighted by atomic mass is 19.1. The van der Waals surface area contributed by atoms with Gasteiger partial charge in [0.1, 0.15) is 0 Å². The van der Waals surface area contributed by atoms with Crippen LogP contribution in [0.3, 0.4) is 0 Å². The van der Waals surface area contributed by atoms with Gasteiger partial charge in [-0.15, -0.1) is 0 Å². The van der Waals surface area contributed by atoms with Crippen LogP contribution in [0.4, 0.5) is 15.8 Å². The van der Waals surface area contributed by atoms with Crippen molar-refractivity contribution in [1.82, 2.24) is 4.90 Å². The number of piperidine rings is 1. The van der Waals surface area contributed by atoms with Gasteiger partial charge in [0.15, 0.2) is 11.6 Å². The monoisotopic (exact) mass is 267 g/mol. The van der Waals surface area contributed by atoms with Gasteiger partial charge in [-0.25, -0.2) is 4.39 Å². The summed E-state index contributed by atoms with van der Waals surface area (Å²) in [5.74, 6) is -0.210. The van der Waals surface area contributed by atoms with Crippen LogP contribution in [0.25, 0.3) is 0 Å². The molecule has 1 aromatic rings. The predicted octanol–water partition coefficient (Wildman–Crippen LogP) is 1.95. The lowest BCUT2D eigenvalue weighted by molar-refractivity contribution is 0.249. The molecule has 1 aromatic carbocycles. The first-order valence-electron chi connectivity index (χ1n) is 6.58. The van der Waals surface area contributed by atoms with E-state index in [4.69, 9.17) is 10.5 Å². The Labute approximate surface area is 113 Å². The van der Waals surface area contributed by atoms with E-state index in [2.05, 4.69) is 23.9 Å². The fraction of sp³-hybridized carbons (Fsp3) is 0.571. The Balaban J connectivity index is 2.16. The summed E-state index contributed by atoms with van der Waals surface area (Å²) in [5, 5.41) is 0. The molecule has 0 radical (unpaired) electrons. The number of nitrogens with zero attached hydrogens (tertiary/aromatic N) is 2. The molecule has 1 aliphatic rings. The first-order valence-corrected chi connectivity index (χ1v) is 6.58. The fourth-order valence-electron chi connectivity index (χ4n) is 2.64. The molecule has 0 amide bonds. The third kappa shape index (κ3) is 2.76. The molecule has 1 heterocycles. The maximum absolute atomic E-state index is 14.3. The summed E-state index contributed by atoms with van der Waals surface area (Å²) < 4.78 is 19.3. The highest BCUT2D eigenvalue weighted by Crippen LogP contribution is 2.34. The zero-order valence-electron chi connectivity index (χ0n) is 11.8. The molecule has 0 unspecified atom stereocenters. The van der Waals surface area contributed by atoms with Crippen molar-refractivity contribution in [3.63, 3.8) is 0 Å². The summed E-state index contributed by atoms with van der Waals surface area (Å²) in [5.41, 5.74) is 6.63. The van der Waals surface area contributed by atoms with Crippen molar-refractivity contribution in [3.05, 3.63) is 17.9 Å². The molecule has 106 valence electrons. The second-order valence-corrected chi connectivity index (χ2v) is 5.20. The SMILES string of the molecule is COc1c(N)ccc(N2CCC(N(C)C)CC2)c1F. The van der Waals surface area contributed by atoms with Gasteiger partial charge in [-0.2, -0.15) is 0 Å². The minimum Gasteiger partial charge on any atom is -0.492 e. The molecule has 1 fully saturated rings. The Kier molecular flexibility index (Phi) is 4.14. The highest BCUT2D eigenvalue weighted by Gasteiger charge is 2.24. The highest BCUT2D eigenvalue weighted by molar-refractivity contribution is 5.63. The number of anilines is 2. The van der Waals surface area contributed by atoms with E-state index in [1.807, 2.05) is 0 Å². The summed E-state index contributed by atoms with van der Waals surface area (Å²) >= 11 is 0. The molecule has 1 aliphatic heterocycles. The van der Waals surface area contributed by atoms with Crippen molar-refractivity contribution in [3.8, 4) is 5.75 Å². The fourth-order valence-corrected chi connectivity index (χ4v) is 2.64. The zero-order chi connectivity index (χ0) is 14.0. The van der Waals surface area contributed by atoms with Crippen molar-refractivity contribution in [2.75, 3.05) is 44.9 Å². The average molecular weight is 267 g/mol. The molecule has 0 aliphatic carbocycles. The van der Waals surface area contributed by atoms with Gasteiger partial charge >= 0.3 is 0 Å². The van der Waals surface area contributed by atoms with Crippen LogP contribution in [0.15, 0.2) is 12.1 Å². The van der Waals surface area contributed by atoms with Crippen molar-refractivity contribution in [1.29, 1.82) is 0 Å². The molecule has 2 rings (SSSR count). The molecule has 5 heteroatoms. The van der Waals surface area contributed by atoms with Crippen molar-refractivity contribution in [2.45, 2.75) is 18.9 Å². The number of benzene rings is 1.